The van der Waals surface area contributed by atoms with Crippen LogP contribution in [0.1, 0.15) is 22.8 Å². The highest BCUT2D eigenvalue weighted by atomic mass is 19.4. The number of rotatable bonds is 3. The van der Waals surface area contributed by atoms with Crippen LogP contribution in [0.25, 0.3) is 0 Å². The maximum absolute atomic E-state index is 13.1. The zero-order valence-electron chi connectivity index (χ0n) is 11.3. The number of nitrogens with zero attached hydrogens (tertiary/aromatic N) is 4. The third-order valence-corrected chi connectivity index (χ3v) is 2.79. The fraction of sp³-hybridized carbons (Fsp3) is 0.308. The lowest BCUT2D eigenvalue weighted by Crippen LogP contribution is -2.21. The zero-order valence-corrected chi connectivity index (χ0v) is 11.3. The molecule has 0 aliphatic rings. The van der Waals surface area contributed by atoms with Gasteiger partial charge in [0.2, 0.25) is 5.89 Å². The molecule has 0 saturated carbocycles. The van der Waals surface area contributed by atoms with E-state index in [4.69, 9.17) is 9.78 Å². The maximum Gasteiger partial charge on any atom is 0.418 e. The Morgan fingerprint density at radius 1 is 1.38 bits per heavy atom. The fourth-order valence-corrected chi connectivity index (χ4v) is 1.87. The Kier molecular flexibility index (Phi) is 3.84. The molecule has 0 unspecified atom stereocenters. The first-order valence-electron chi connectivity index (χ1n) is 5.93. The van der Waals surface area contributed by atoms with E-state index in [0.29, 0.717) is 5.89 Å². The molecule has 110 valence electrons. The lowest BCUT2D eigenvalue weighted by molar-refractivity contribution is -0.137. The van der Waals surface area contributed by atoms with Crippen molar-refractivity contribution in [1.82, 2.24) is 10.1 Å². The van der Waals surface area contributed by atoms with Crippen molar-refractivity contribution in [2.24, 2.45) is 0 Å². The minimum Gasteiger partial charge on any atom is -0.366 e. The van der Waals surface area contributed by atoms with Gasteiger partial charge in [-0.1, -0.05) is 5.16 Å². The van der Waals surface area contributed by atoms with Crippen LogP contribution in [0, 0.1) is 18.3 Å². The summed E-state index contributed by atoms with van der Waals surface area (Å²) in [6, 6.07) is 5.12. The van der Waals surface area contributed by atoms with Crippen molar-refractivity contribution in [2.45, 2.75) is 19.6 Å². The van der Waals surface area contributed by atoms with E-state index in [2.05, 4.69) is 10.1 Å². The second-order valence-electron chi connectivity index (χ2n) is 4.43. The summed E-state index contributed by atoms with van der Waals surface area (Å²) >= 11 is 0. The van der Waals surface area contributed by atoms with Crippen LogP contribution in [-0.2, 0) is 12.7 Å². The van der Waals surface area contributed by atoms with E-state index in [1.165, 1.54) is 24.1 Å². The van der Waals surface area contributed by atoms with Crippen molar-refractivity contribution in [3.63, 3.8) is 0 Å². The van der Waals surface area contributed by atoms with Crippen LogP contribution in [0.15, 0.2) is 22.7 Å². The van der Waals surface area contributed by atoms with Gasteiger partial charge in [0.25, 0.3) is 0 Å². The molecular formula is C13H11F3N4O. The van der Waals surface area contributed by atoms with Gasteiger partial charge in [-0.15, -0.1) is 0 Å². The maximum atomic E-state index is 13.1. The first-order chi connectivity index (χ1) is 9.81. The van der Waals surface area contributed by atoms with Gasteiger partial charge in [-0.05, 0) is 18.2 Å². The smallest absolute Gasteiger partial charge is 0.366 e. The molecule has 0 amide bonds. The van der Waals surface area contributed by atoms with Gasteiger partial charge in [-0.2, -0.15) is 23.4 Å². The number of anilines is 1. The number of alkyl halides is 3. The minimum absolute atomic E-state index is 0.0464. The Morgan fingerprint density at radius 2 is 2.10 bits per heavy atom. The number of hydrogen-bond acceptors (Lipinski definition) is 5. The first-order valence-corrected chi connectivity index (χ1v) is 5.93. The predicted molar refractivity (Wildman–Crippen MR) is 67.3 cm³/mol. The molecule has 1 aromatic heterocycles. The Balaban J connectivity index is 2.36. The van der Waals surface area contributed by atoms with E-state index in [-0.39, 0.29) is 23.6 Å². The summed E-state index contributed by atoms with van der Waals surface area (Å²) in [5.41, 5.74) is -0.969. The third-order valence-electron chi connectivity index (χ3n) is 2.79. The molecule has 0 aliphatic heterocycles. The van der Waals surface area contributed by atoms with Crippen LogP contribution in [0.5, 0.6) is 0 Å². The highest BCUT2D eigenvalue weighted by molar-refractivity contribution is 5.57. The summed E-state index contributed by atoms with van der Waals surface area (Å²) in [6.45, 7) is 1.66. The van der Waals surface area contributed by atoms with Crippen molar-refractivity contribution in [1.29, 1.82) is 5.26 Å². The van der Waals surface area contributed by atoms with E-state index in [9.17, 15) is 13.2 Å². The Hall–Kier alpha value is -2.56. The van der Waals surface area contributed by atoms with Gasteiger partial charge in [0.05, 0.1) is 23.7 Å². The number of benzene rings is 1. The monoisotopic (exact) mass is 296 g/mol. The second kappa shape index (κ2) is 5.44. The van der Waals surface area contributed by atoms with E-state index in [1.807, 2.05) is 0 Å². The van der Waals surface area contributed by atoms with E-state index < -0.39 is 11.7 Å². The zero-order chi connectivity index (χ0) is 15.6. The summed E-state index contributed by atoms with van der Waals surface area (Å²) in [7, 11) is 1.49. The van der Waals surface area contributed by atoms with Crippen molar-refractivity contribution in [3.8, 4) is 6.07 Å². The number of nitriles is 1. The Morgan fingerprint density at radius 3 is 2.62 bits per heavy atom. The lowest BCUT2D eigenvalue weighted by atomic mass is 10.1. The quantitative estimate of drug-likeness (QED) is 0.871. The van der Waals surface area contributed by atoms with Crippen LogP contribution < -0.4 is 4.90 Å². The highest BCUT2D eigenvalue weighted by Crippen LogP contribution is 2.37. The molecule has 0 saturated heterocycles. The molecule has 1 aromatic carbocycles. The van der Waals surface area contributed by atoms with Gasteiger partial charge >= 0.3 is 6.18 Å². The average molecular weight is 296 g/mol. The standard InChI is InChI=1S/C13H11F3N4O/c1-8-18-12(19-21-8)7-20(2)11-4-3-9(6-17)5-10(11)13(14,15)16/h3-5H,7H2,1-2H3. The summed E-state index contributed by atoms with van der Waals surface area (Å²) in [6.07, 6.45) is -4.55. The molecule has 0 fully saturated rings. The molecular weight excluding hydrogens is 285 g/mol. The third kappa shape index (κ3) is 3.31. The van der Waals surface area contributed by atoms with Crippen LogP contribution in [0.2, 0.25) is 0 Å². The highest BCUT2D eigenvalue weighted by Gasteiger charge is 2.35. The van der Waals surface area contributed by atoms with Gasteiger partial charge in [0.15, 0.2) is 5.82 Å². The van der Waals surface area contributed by atoms with Crippen molar-refractivity contribution in [2.75, 3.05) is 11.9 Å². The van der Waals surface area contributed by atoms with Gasteiger partial charge in [-0.25, -0.2) is 0 Å². The number of halogens is 3. The summed E-state index contributed by atoms with van der Waals surface area (Å²) in [5, 5.41) is 12.4. The molecule has 0 N–H and O–H groups in total. The molecule has 1 heterocycles. The molecule has 0 atom stereocenters. The number of aromatic nitrogens is 2. The molecule has 0 bridgehead atoms. The lowest BCUT2D eigenvalue weighted by Gasteiger charge is -2.22. The van der Waals surface area contributed by atoms with Crippen molar-refractivity contribution < 1.29 is 17.7 Å². The van der Waals surface area contributed by atoms with Gasteiger partial charge in [-0.3, -0.25) is 0 Å². The predicted octanol–water partition coefficient (Wildman–Crippen LogP) is 2.90. The van der Waals surface area contributed by atoms with Crippen molar-refractivity contribution in [3.05, 3.63) is 41.0 Å². The van der Waals surface area contributed by atoms with E-state index in [1.54, 1.807) is 13.0 Å². The number of aryl methyl sites for hydroxylation is 1. The molecule has 0 spiro atoms. The van der Waals surface area contributed by atoms with E-state index >= 15 is 0 Å². The topological polar surface area (TPSA) is 66.0 Å². The molecule has 21 heavy (non-hydrogen) atoms. The molecule has 0 aliphatic carbocycles. The first kappa shape index (κ1) is 14.8. The fourth-order valence-electron chi connectivity index (χ4n) is 1.87. The summed E-state index contributed by atoms with van der Waals surface area (Å²) in [5.74, 6) is 0.627. The summed E-state index contributed by atoms with van der Waals surface area (Å²) < 4.78 is 44.0. The minimum atomic E-state index is -4.55. The largest absolute Gasteiger partial charge is 0.418 e. The van der Waals surface area contributed by atoms with Gasteiger partial charge in [0, 0.05) is 19.7 Å². The van der Waals surface area contributed by atoms with Crippen molar-refractivity contribution >= 4 is 5.69 Å². The Labute approximate surface area is 118 Å². The van der Waals surface area contributed by atoms with Crippen LogP contribution in [0.4, 0.5) is 18.9 Å². The van der Waals surface area contributed by atoms with Crippen LogP contribution in [-0.4, -0.2) is 17.2 Å². The van der Waals surface area contributed by atoms with Gasteiger partial charge < -0.3 is 9.42 Å². The second-order valence-corrected chi connectivity index (χ2v) is 4.43. The summed E-state index contributed by atoms with van der Waals surface area (Å²) in [4.78, 5) is 5.30. The van der Waals surface area contributed by atoms with E-state index in [0.717, 1.165) is 6.07 Å². The van der Waals surface area contributed by atoms with Crippen LogP contribution in [0.3, 0.4) is 0 Å². The van der Waals surface area contributed by atoms with Gasteiger partial charge in [0.1, 0.15) is 0 Å². The Bertz CT molecular complexity index is 687. The molecule has 2 aromatic rings. The average Bonchev–Trinajstić information content (AvgIpc) is 2.82. The SMILES string of the molecule is Cc1nc(CN(C)c2ccc(C#N)cc2C(F)(F)F)no1. The normalized spacial score (nSPS) is 11.2. The molecule has 0 radical (unpaired) electrons. The van der Waals surface area contributed by atoms with Crippen LogP contribution >= 0.6 is 0 Å². The molecule has 5 nitrogen and oxygen atoms in total. The number of hydrogen-bond donors (Lipinski definition) is 0. The molecule has 8 heteroatoms. The molecule has 2 rings (SSSR count).